The average Bonchev–Trinajstić information content (AvgIpc) is 3.25. The smallest absolute Gasteiger partial charge is 0.481 e. The van der Waals surface area contributed by atoms with Crippen molar-refractivity contribution in [2.24, 2.45) is 5.41 Å². The second kappa shape index (κ2) is 37.1. The molecule has 0 aromatic rings. The largest absolute Gasteiger partial charge is 0.500 e. The third-order valence-electron chi connectivity index (χ3n) is 8.93. The Labute approximate surface area is 426 Å². The fourth-order valence-corrected chi connectivity index (χ4v) is 11.8. The number of amides is 1. The highest BCUT2D eigenvalue weighted by molar-refractivity contribution is 8.14. The van der Waals surface area contributed by atoms with E-state index in [0.29, 0.717) is 32.3 Å². The molecule has 0 rings (SSSR count). The lowest BCUT2D eigenvalue weighted by molar-refractivity contribution is -0.170. The fourth-order valence-electron chi connectivity index (χ4n) is 5.72. The highest BCUT2D eigenvalue weighted by Crippen LogP contribution is 2.27. The third kappa shape index (κ3) is 33.8. The molecule has 0 aliphatic rings. The standard InChI is InChI=1S/C43H69NO21S4Si/c1-8-63-70(64-9-2,65-10-3)19-11-18-44-42(58)69-31(7)23-38(54)62-27-43(24-59-35(51)20-28(4)66-39(55)15-12-32(45)46,25-60-36(52)21-29(5)67-40(56)16-13-33(47)48)26-61-37(53)22-30(6)68-41(57)17-14-34(49)50/h28-31H,8-27H2,1-7H3,(H,44,58)(H,45,46)(H,47,48)(H,49,50). The number of esters is 4. The zero-order valence-corrected chi connectivity index (χ0v) is 45.0. The minimum atomic E-state index is -2.93. The molecule has 0 aliphatic carbocycles. The Morgan fingerprint density at radius 3 is 1.03 bits per heavy atom. The topological polar surface area (TPSA) is 325 Å². The average molecular weight is 1090 g/mol. The highest BCUT2D eigenvalue weighted by Gasteiger charge is 2.40. The van der Waals surface area contributed by atoms with Crippen molar-refractivity contribution in [3.8, 4) is 0 Å². The van der Waals surface area contributed by atoms with Gasteiger partial charge in [-0.2, -0.15) is 0 Å². The number of carboxylic acids is 3. The quantitative estimate of drug-likeness (QED) is 0.0255. The van der Waals surface area contributed by atoms with E-state index in [0.717, 1.165) is 47.0 Å². The van der Waals surface area contributed by atoms with E-state index in [1.165, 1.54) is 20.8 Å². The van der Waals surface area contributed by atoms with Crippen LogP contribution in [0.25, 0.3) is 0 Å². The van der Waals surface area contributed by atoms with E-state index in [-0.39, 0.29) is 51.5 Å². The maximum atomic E-state index is 13.3. The molecular formula is C43H69NO21S4Si. The van der Waals surface area contributed by atoms with Gasteiger partial charge in [0.1, 0.15) is 31.8 Å². The van der Waals surface area contributed by atoms with Crippen LogP contribution in [0.2, 0.25) is 6.04 Å². The molecule has 0 saturated carbocycles. The summed E-state index contributed by atoms with van der Waals surface area (Å²) in [6.07, 6.45) is -3.00. The number of nitrogens with one attached hydrogen (secondary N) is 1. The van der Waals surface area contributed by atoms with Crippen LogP contribution in [0, 0.1) is 5.41 Å². The van der Waals surface area contributed by atoms with Crippen molar-refractivity contribution in [1.29, 1.82) is 0 Å². The molecule has 0 radical (unpaired) electrons. The Kier molecular flexibility index (Phi) is 35.1. The molecule has 70 heavy (non-hydrogen) atoms. The summed E-state index contributed by atoms with van der Waals surface area (Å²) in [5.41, 5.74) is -1.80. The van der Waals surface area contributed by atoms with E-state index in [1.807, 2.05) is 20.8 Å². The predicted molar refractivity (Wildman–Crippen MR) is 262 cm³/mol. The molecule has 27 heteroatoms. The Morgan fingerprint density at radius 1 is 0.471 bits per heavy atom. The van der Waals surface area contributed by atoms with Gasteiger partial charge in [0.25, 0.3) is 5.24 Å². The van der Waals surface area contributed by atoms with E-state index in [9.17, 15) is 52.7 Å². The van der Waals surface area contributed by atoms with Gasteiger partial charge in [0, 0.05) is 72.7 Å². The van der Waals surface area contributed by atoms with Gasteiger partial charge in [0.05, 0.1) is 44.9 Å². The zero-order chi connectivity index (χ0) is 53.3. The first-order valence-corrected chi connectivity index (χ1v) is 28.0. The number of carbonyl (C=O) groups excluding carboxylic acids is 8. The minimum absolute atomic E-state index is 0.263. The molecule has 4 N–H and O–H groups in total. The van der Waals surface area contributed by atoms with Crippen LogP contribution in [-0.4, -0.2) is 160 Å². The summed E-state index contributed by atoms with van der Waals surface area (Å²) in [5.74, 6) is -7.03. The molecule has 4 atom stereocenters. The van der Waals surface area contributed by atoms with E-state index >= 15 is 0 Å². The van der Waals surface area contributed by atoms with Crippen LogP contribution in [0.5, 0.6) is 0 Å². The predicted octanol–water partition coefficient (Wildman–Crippen LogP) is 5.52. The minimum Gasteiger partial charge on any atom is -0.481 e. The van der Waals surface area contributed by atoms with Gasteiger partial charge >= 0.3 is 50.6 Å². The number of hydrogen-bond donors (Lipinski definition) is 4. The van der Waals surface area contributed by atoms with Gasteiger partial charge in [-0.1, -0.05) is 74.7 Å². The fraction of sp³-hybridized carbons (Fsp3) is 0.744. The number of carbonyl (C=O) groups is 11. The van der Waals surface area contributed by atoms with Crippen LogP contribution in [0.3, 0.4) is 0 Å². The Morgan fingerprint density at radius 2 is 0.757 bits per heavy atom. The normalized spacial score (nSPS) is 13.9. The van der Waals surface area contributed by atoms with Crippen LogP contribution < -0.4 is 5.32 Å². The summed E-state index contributed by atoms with van der Waals surface area (Å²) >= 11 is 3.02. The molecule has 0 aromatic carbocycles. The lowest BCUT2D eigenvalue weighted by Gasteiger charge is -2.32. The third-order valence-corrected chi connectivity index (χ3v) is 16.1. The molecule has 4 unspecified atom stereocenters. The maximum absolute atomic E-state index is 13.3. The summed E-state index contributed by atoms with van der Waals surface area (Å²) < 4.78 is 39.8. The molecule has 1 amide bonds. The van der Waals surface area contributed by atoms with Gasteiger partial charge in [-0.25, -0.2) is 0 Å². The molecular weight excluding hydrogens is 1020 g/mol. The lowest BCUT2D eigenvalue weighted by atomic mass is 9.92. The summed E-state index contributed by atoms with van der Waals surface area (Å²) in [6, 6.07) is 0.460. The SMILES string of the molecule is CCO[Si](CCCNC(=O)SC(C)CC(=O)OCC(COC(=O)CC(C)SC(=O)CCC(=O)O)(COC(=O)CC(C)SC(=O)CCC(=O)O)COC(=O)CC(C)SC(=O)CCC(=O)O)(OCC)OCC. The Bertz CT molecular complexity index is 1590. The van der Waals surface area contributed by atoms with E-state index in [4.69, 9.17) is 47.5 Å². The molecule has 0 spiro atoms. The van der Waals surface area contributed by atoms with Gasteiger partial charge in [0.15, 0.2) is 15.3 Å². The number of ether oxygens (including phenoxy) is 4. The number of carboxylic acid groups (broad SMARTS) is 3. The van der Waals surface area contributed by atoms with Crippen molar-refractivity contribution in [2.45, 2.75) is 146 Å². The molecule has 0 saturated heterocycles. The van der Waals surface area contributed by atoms with Crippen molar-refractivity contribution < 1.29 is 100 Å². The summed E-state index contributed by atoms with van der Waals surface area (Å²) in [7, 11) is -2.93. The summed E-state index contributed by atoms with van der Waals surface area (Å²) in [4.78, 5) is 135. The van der Waals surface area contributed by atoms with Crippen molar-refractivity contribution in [2.75, 3.05) is 52.8 Å². The number of hydrogen-bond acceptors (Lipinski definition) is 22. The Balaban J connectivity index is 6.32. The van der Waals surface area contributed by atoms with Crippen molar-refractivity contribution in [1.82, 2.24) is 5.32 Å². The van der Waals surface area contributed by atoms with Crippen LogP contribution in [-0.2, 0) is 80.2 Å². The van der Waals surface area contributed by atoms with Crippen molar-refractivity contribution >= 4 is 118 Å². The van der Waals surface area contributed by atoms with Crippen molar-refractivity contribution in [3.05, 3.63) is 0 Å². The van der Waals surface area contributed by atoms with Gasteiger partial charge in [-0.05, 0) is 27.2 Å². The first-order chi connectivity index (χ1) is 32.9. The van der Waals surface area contributed by atoms with E-state index in [2.05, 4.69) is 5.32 Å². The van der Waals surface area contributed by atoms with E-state index < -0.39 is 143 Å². The summed E-state index contributed by atoms with van der Waals surface area (Å²) in [5, 5.41) is 24.9. The number of aliphatic carboxylic acids is 3. The van der Waals surface area contributed by atoms with Crippen LogP contribution in [0.4, 0.5) is 4.79 Å². The maximum Gasteiger partial charge on any atom is 0.500 e. The van der Waals surface area contributed by atoms with Gasteiger partial charge in [-0.3, -0.25) is 52.7 Å². The highest BCUT2D eigenvalue weighted by atomic mass is 32.2. The Hall–Kier alpha value is -3.73. The molecule has 22 nitrogen and oxygen atoms in total. The monoisotopic (exact) mass is 1090 g/mol. The second-order valence-corrected chi connectivity index (χ2v) is 24.4. The number of thioether (sulfide) groups is 4. The second-order valence-electron chi connectivity index (χ2n) is 15.8. The molecule has 0 fully saturated rings. The van der Waals surface area contributed by atoms with Gasteiger partial charge in [-0.15, -0.1) is 0 Å². The molecule has 0 bridgehead atoms. The first kappa shape index (κ1) is 66.3. The summed E-state index contributed by atoms with van der Waals surface area (Å²) in [6.45, 7) is 10.3. The van der Waals surface area contributed by atoms with Crippen molar-refractivity contribution in [3.63, 3.8) is 0 Å². The first-order valence-electron chi connectivity index (χ1n) is 22.6. The van der Waals surface area contributed by atoms with Crippen LogP contribution >= 0.6 is 47.0 Å². The van der Waals surface area contributed by atoms with Crippen LogP contribution in [0.15, 0.2) is 0 Å². The van der Waals surface area contributed by atoms with E-state index in [1.54, 1.807) is 6.92 Å². The zero-order valence-electron chi connectivity index (χ0n) is 40.8. The number of rotatable bonds is 39. The molecule has 0 aliphatic heterocycles. The van der Waals surface area contributed by atoms with Gasteiger partial charge < -0.3 is 52.9 Å². The molecule has 0 aromatic heterocycles. The molecule has 0 heterocycles. The van der Waals surface area contributed by atoms with Crippen LogP contribution in [0.1, 0.15) is 119 Å². The van der Waals surface area contributed by atoms with Gasteiger partial charge in [0.2, 0.25) is 0 Å². The lowest BCUT2D eigenvalue weighted by Crippen LogP contribution is -2.46. The molecule has 400 valence electrons.